The first-order valence-electron chi connectivity index (χ1n) is 18.3. The highest BCUT2D eigenvalue weighted by molar-refractivity contribution is 6.12. The Morgan fingerprint density at radius 3 is 0.981 bits per heavy atom. The van der Waals surface area contributed by atoms with Crippen molar-refractivity contribution in [2.45, 2.75) is 0 Å². The lowest BCUT2D eigenvalue weighted by Crippen LogP contribution is -1.93. The molecule has 0 bridgehead atoms. The Morgan fingerprint density at radius 1 is 0.226 bits per heavy atom. The van der Waals surface area contributed by atoms with Crippen LogP contribution in [0.1, 0.15) is 0 Å². The van der Waals surface area contributed by atoms with Gasteiger partial charge in [-0.05, 0) is 112 Å². The van der Waals surface area contributed by atoms with Gasteiger partial charge < -0.3 is 5.32 Å². The molecule has 1 N–H and O–H groups in total. The summed E-state index contributed by atoms with van der Waals surface area (Å²) in [6.07, 6.45) is 0. The first-order chi connectivity index (χ1) is 26.3. The SMILES string of the molecule is c1ccc2c(-c3c(-c4ccc(Nc5ccc(-c6ccc7ccccc7c6-c6cccc7ccccc67)cc5)cc4)ccc4ccccc34)cccc2c1. The Bertz CT molecular complexity index is 2740. The third-order valence-electron chi connectivity index (χ3n) is 10.7. The van der Waals surface area contributed by atoms with Gasteiger partial charge in [-0.25, -0.2) is 0 Å². The Balaban J connectivity index is 0.993. The van der Waals surface area contributed by atoms with Crippen molar-refractivity contribution >= 4 is 54.5 Å². The monoisotopic (exact) mass is 673 g/mol. The van der Waals surface area contributed by atoms with Crippen LogP contribution in [0, 0.1) is 0 Å². The fourth-order valence-electron chi connectivity index (χ4n) is 8.12. The van der Waals surface area contributed by atoms with E-state index in [-0.39, 0.29) is 0 Å². The molecule has 0 fully saturated rings. The molecule has 0 heterocycles. The van der Waals surface area contributed by atoms with Crippen LogP contribution >= 0.6 is 0 Å². The number of hydrogen-bond acceptors (Lipinski definition) is 1. The number of anilines is 2. The molecule has 1 nitrogen and oxygen atoms in total. The molecule has 0 saturated heterocycles. The molecule has 248 valence electrons. The van der Waals surface area contributed by atoms with E-state index in [4.69, 9.17) is 0 Å². The fraction of sp³-hybridized carbons (Fsp3) is 0. The topological polar surface area (TPSA) is 12.0 Å². The molecule has 1 heteroatoms. The van der Waals surface area contributed by atoms with E-state index in [1.54, 1.807) is 0 Å². The van der Waals surface area contributed by atoms with Crippen molar-refractivity contribution in [3.63, 3.8) is 0 Å². The minimum atomic E-state index is 1.05. The number of rotatable bonds is 6. The summed E-state index contributed by atoms with van der Waals surface area (Å²) >= 11 is 0. The molecule has 0 unspecified atom stereocenters. The average Bonchev–Trinajstić information content (AvgIpc) is 3.23. The second-order valence-electron chi connectivity index (χ2n) is 13.8. The van der Waals surface area contributed by atoms with Crippen molar-refractivity contribution in [1.82, 2.24) is 0 Å². The van der Waals surface area contributed by atoms with Gasteiger partial charge in [0.05, 0.1) is 0 Å². The molecule has 0 aliphatic heterocycles. The second kappa shape index (κ2) is 13.0. The van der Waals surface area contributed by atoms with Crippen LogP contribution in [0.2, 0.25) is 0 Å². The van der Waals surface area contributed by atoms with Crippen LogP contribution in [0.3, 0.4) is 0 Å². The molecule has 53 heavy (non-hydrogen) atoms. The molecule has 0 atom stereocenters. The molecule has 0 radical (unpaired) electrons. The predicted octanol–water partition coefficient (Wildman–Crippen LogP) is 14.7. The van der Waals surface area contributed by atoms with Gasteiger partial charge >= 0.3 is 0 Å². The summed E-state index contributed by atoms with van der Waals surface area (Å²) in [6, 6.07) is 74.8. The van der Waals surface area contributed by atoms with E-state index in [1.165, 1.54) is 87.6 Å². The molecule has 0 saturated carbocycles. The molecule has 0 aliphatic carbocycles. The molecule has 0 aromatic heterocycles. The van der Waals surface area contributed by atoms with Gasteiger partial charge in [0.1, 0.15) is 0 Å². The number of hydrogen-bond donors (Lipinski definition) is 1. The van der Waals surface area contributed by atoms with Crippen molar-refractivity contribution in [1.29, 1.82) is 0 Å². The Kier molecular flexibility index (Phi) is 7.55. The van der Waals surface area contributed by atoms with Crippen LogP contribution in [-0.2, 0) is 0 Å². The third-order valence-corrected chi connectivity index (χ3v) is 10.7. The number of nitrogens with one attached hydrogen (secondary N) is 1. The predicted molar refractivity (Wildman–Crippen MR) is 228 cm³/mol. The minimum absolute atomic E-state index is 1.05. The van der Waals surface area contributed by atoms with E-state index in [0.29, 0.717) is 0 Å². The van der Waals surface area contributed by atoms with Gasteiger partial charge in [0.25, 0.3) is 0 Å². The lowest BCUT2D eigenvalue weighted by molar-refractivity contribution is 1.54. The van der Waals surface area contributed by atoms with Gasteiger partial charge in [-0.15, -0.1) is 0 Å². The Hall–Kier alpha value is -6.96. The highest BCUT2D eigenvalue weighted by Gasteiger charge is 2.16. The van der Waals surface area contributed by atoms with Crippen molar-refractivity contribution in [3.8, 4) is 44.5 Å². The van der Waals surface area contributed by atoms with Crippen LogP contribution in [0.25, 0.3) is 87.6 Å². The summed E-state index contributed by atoms with van der Waals surface area (Å²) in [5.41, 5.74) is 12.0. The summed E-state index contributed by atoms with van der Waals surface area (Å²) in [5, 5.41) is 13.7. The summed E-state index contributed by atoms with van der Waals surface area (Å²) in [6.45, 7) is 0. The lowest BCUT2D eigenvalue weighted by atomic mass is 9.87. The fourth-order valence-corrected chi connectivity index (χ4v) is 8.12. The molecule has 0 aliphatic rings. The number of benzene rings is 10. The van der Waals surface area contributed by atoms with E-state index in [9.17, 15) is 0 Å². The lowest BCUT2D eigenvalue weighted by Gasteiger charge is -2.17. The van der Waals surface area contributed by atoms with Crippen LogP contribution in [-0.4, -0.2) is 0 Å². The maximum Gasteiger partial charge on any atom is 0.0384 e. The normalized spacial score (nSPS) is 11.4. The summed E-state index contributed by atoms with van der Waals surface area (Å²) < 4.78 is 0. The molecule has 0 amide bonds. The van der Waals surface area contributed by atoms with E-state index in [0.717, 1.165) is 11.4 Å². The number of fused-ring (bicyclic) bond motifs is 4. The van der Waals surface area contributed by atoms with E-state index in [2.05, 4.69) is 212 Å². The molecular weight excluding hydrogens is 639 g/mol. The van der Waals surface area contributed by atoms with Crippen LogP contribution in [0.4, 0.5) is 11.4 Å². The van der Waals surface area contributed by atoms with Crippen molar-refractivity contribution < 1.29 is 0 Å². The second-order valence-corrected chi connectivity index (χ2v) is 13.8. The smallest absolute Gasteiger partial charge is 0.0384 e. The largest absolute Gasteiger partial charge is 0.356 e. The first-order valence-corrected chi connectivity index (χ1v) is 18.3. The van der Waals surface area contributed by atoms with Crippen molar-refractivity contribution in [3.05, 3.63) is 206 Å². The first kappa shape index (κ1) is 30.8. The van der Waals surface area contributed by atoms with Gasteiger partial charge in [-0.3, -0.25) is 0 Å². The maximum absolute atomic E-state index is 3.66. The van der Waals surface area contributed by atoms with E-state index in [1.807, 2.05) is 0 Å². The van der Waals surface area contributed by atoms with Gasteiger partial charge in [0.2, 0.25) is 0 Å². The molecule has 10 aromatic carbocycles. The van der Waals surface area contributed by atoms with E-state index >= 15 is 0 Å². The Morgan fingerprint density at radius 2 is 0.566 bits per heavy atom. The average molecular weight is 674 g/mol. The molecular formula is C52H35N. The Labute approximate surface area is 309 Å². The molecule has 10 rings (SSSR count). The van der Waals surface area contributed by atoms with Gasteiger partial charge in [0, 0.05) is 11.4 Å². The quantitative estimate of drug-likeness (QED) is 0.185. The summed E-state index contributed by atoms with van der Waals surface area (Å²) in [5.74, 6) is 0. The third kappa shape index (κ3) is 5.51. The zero-order valence-electron chi connectivity index (χ0n) is 29.1. The van der Waals surface area contributed by atoms with Crippen LogP contribution < -0.4 is 5.32 Å². The molecule has 0 spiro atoms. The van der Waals surface area contributed by atoms with Crippen molar-refractivity contribution in [2.24, 2.45) is 0 Å². The zero-order chi connectivity index (χ0) is 35.1. The van der Waals surface area contributed by atoms with Gasteiger partial charge in [-0.2, -0.15) is 0 Å². The van der Waals surface area contributed by atoms with Crippen LogP contribution in [0.15, 0.2) is 206 Å². The highest BCUT2D eigenvalue weighted by Crippen LogP contribution is 2.43. The summed E-state index contributed by atoms with van der Waals surface area (Å²) in [7, 11) is 0. The highest BCUT2D eigenvalue weighted by atomic mass is 14.9. The van der Waals surface area contributed by atoms with E-state index < -0.39 is 0 Å². The molecule has 10 aromatic rings. The minimum Gasteiger partial charge on any atom is -0.356 e. The van der Waals surface area contributed by atoms with Gasteiger partial charge in [-0.1, -0.05) is 182 Å². The maximum atomic E-state index is 3.66. The van der Waals surface area contributed by atoms with Crippen LogP contribution in [0.5, 0.6) is 0 Å². The van der Waals surface area contributed by atoms with Gasteiger partial charge in [0.15, 0.2) is 0 Å². The zero-order valence-corrected chi connectivity index (χ0v) is 29.1. The summed E-state index contributed by atoms with van der Waals surface area (Å²) in [4.78, 5) is 0. The standard InChI is InChI=1S/C52H35N/c1-5-17-43-35(11-1)15-9-21-49(43)51-45-19-7-3-13-37(45)27-33-47(51)39-23-29-41(30-24-39)53-42-31-25-40(26-32-42)48-34-28-38-14-4-8-20-46(38)52(48)50-22-10-16-36-12-2-6-18-44(36)50/h1-34,53H. The van der Waals surface area contributed by atoms with Crippen molar-refractivity contribution in [2.75, 3.05) is 5.32 Å².